The lowest BCUT2D eigenvalue weighted by Crippen LogP contribution is -2.24. The molecule has 0 aliphatic carbocycles. The first-order chi connectivity index (χ1) is 4.34. The highest BCUT2D eigenvalue weighted by atomic mass is 16.2. The lowest BCUT2D eigenvalue weighted by molar-refractivity contribution is 0.524. The summed E-state index contributed by atoms with van der Waals surface area (Å²) in [6, 6.07) is 0. The standard InChI is InChI=1S/C3H7N5O/c1-4-2-8-3(9)5-6-7-8/h4H,2H2,1H3,(H,5,7,9). The van der Waals surface area contributed by atoms with Gasteiger partial charge in [-0.15, -0.1) is 0 Å². The van der Waals surface area contributed by atoms with Gasteiger partial charge in [-0.1, -0.05) is 0 Å². The van der Waals surface area contributed by atoms with Gasteiger partial charge in [0, 0.05) is 0 Å². The van der Waals surface area contributed by atoms with Crippen molar-refractivity contribution in [2.75, 3.05) is 7.05 Å². The maximum absolute atomic E-state index is 10.6. The van der Waals surface area contributed by atoms with Crippen LogP contribution in [-0.2, 0) is 6.67 Å². The Morgan fingerprint density at radius 2 is 2.67 bits per heavy atom. The van der Waals surface area contributed by atoms with Crippen LogP contribution in [0.4, 0.5) is 0 Å². The largest absolute Gasteiger partial charge is 0.362 e. The van der Waals surface area contributed by atoms with E-state index < -0.39 is 0 Å². The van der Waals surface area contributed by atoms with Crippen molar-refractivity contribution in [3.05, 3.63) is 10.5 Å². The summed E-state index contributed by atoms with van der Waals surface area (Å²) in [4.78, 5) is 10.6. The quantitative estimate of drug-likeness (QED) is 0.491. The number of hydrogen-bond acceptors (Lipinski definition) is 4. The molecule has 0 saturated heterocycles. The Morgan fingerprint density at radius 3 is 3.11 bits per heavy atom. The fourth-order valence-electron chi connectivity index (χ4n) is 0.471. The topological polar surface area (TPSA) is 75.6 Å². The Kier molecular flexibility index (Phi) is 1.59. The predicted octanol–water partition coefficient (Wildman–Crippen LogP) is -1.86. The lowest BCUT2D eigenvalue weighted by Gasteiger charge is -1.91. The summed E-state index contributed by atoms with van der Waals surface area (Å²) in [7, 11) is 1.72. The van der Waals surface area contributed by atoms with Crippen molar-refractivity contribution in [3.8, 4) is 0 Å². The third-order valence-electron chi connectivity index (χ3n) is 0.841. The van der Waals surface area contributed by atoms with Crippen molar-refractivity contribution < 1.29 is 0 Å². The van der Waals surface area contributed by atoms with Crippen molar-refractivity contribution in [1.82, 2.24) is 25.5 Å². The molecule has 1 rings (SSSR count). The molecule has 0 fully saturated rings. The summed E-state index contributed by atoms with van der Waals surface area (Å²) < 4.78 is 1.18. The number of nitrogens with one attached hydrogen (secondary N) is 2. The Morgan fingerprint density at radius 1 is 1.89 bits per heavy atom. The van der Waals surface area contributed by atoms with E-state index in [1.54, 1.807) is 7.05 Å². The van der Waals surface area contributed by atoms with Crippen molar-refractivity contribution in [1.29, 1.82) is 0 Å². The first-order valence-corrected chi connectivity index (χ1v) is 2.47. The van der Waals surface area contributed by atoms with Crippen LogP contribution in [0.25, 0.3) is 0 Å². The summed E-state index contributed by atoms with van der Waals surface area (Å²) in [6.45, 7) is 0.384. The Labute approximate surface area is 50.9 Å². The normalized spacial score (nSPS) is 9.89. The molecule has 1 heterocycles. The van der Waals surface area contributed by atoms with E-state index in [2.05, 4.69) is 20.8 Å². The van der Waals surface area contributed by atoms with Crippen LogP contribution in [0, 0.1) is 0 Å². The molecule has 0 unspecified atom stereocenters. The van der Waals surface area contributed by atoms with E-state index in [9.17, 15) is 4.79 Å². The van der Waals surface area contributed by atoms with E-state index in [4.69, 9.17) is 0 Å². The molecule has 0 saturated carbocycles. The average molecular weight is 129 g/mol. The Hall–Kier alpha value is -1.17. The predicted molar refractivity (Wildman–Crippen MR) is 29.7 cm³/mol. The minimum absolute atomic E-state index is 0.302. The van der Waals surface area contributed by atoms with Gasteiger partial charge in [0.15, 0.2) is 0 Å². The molecule has 0 atom stereocenters. The van der Waals surface area contributed by atoms with Gasteiger partial charge in [0.2, 0.25) is 0 Å². The minimum Gasteiger partial charge on any atom is -0.301 e. The van der Waals surface area contributed by atoms with E-state index in [1.165, 1.54) is 4.68 Å². The van der Waals surface area contributed by atoms with Crippen molar-refractivity contribution in [2.45, 2.75) is 6.67 Å². The summed E-state index contributed by atoms with van der Waals surface area (Å²) >= 11 is 0. The monoisotopic (exact) mass is 129 g/mol. The van der Waals surface area contributed by atoms with E-state index in [-0.39, 0.29) is 5.69 Å². The van der Waals surface area contributed by atoms with Crippen molar-refractivity contribution in [2.24, 2.45) is 0 Å². The maximum Gasteiger partial charge on any atom is 0.362 e. The number of rotatable bonds is 2. The molecule has 0 aliphatic heterocycles. The summed E-state index contributed by atoms with van der Waals surface area (Å²) in [5.74, 6) is 0. The number of aromatic nitrogens is 4. The highest BCUT2D eigenvalue weighted by molar-refractivity contribution is 4.48. The Balaban J connectivity index is 2.81. The number of nitrogens with zero attached hydrogens (tertiary/aromatic N) is 3. The Bertz CT molecular complexity index is 224. The summed E-state index contributed by atoms with van der Waals surface area (Å²) in [5, 5.41) is 11.6. The summed E-state index contributed by atoms with van der Waals surface area (Å²) in [6.07, 6.45) is 0. The molecule has 1 aromatic rings. The zero-order chi connectivity index (χ0) is 6.69. The second-order valence-corrected chi connectivity index (χ2v) is 1.52. The van der Waals surface area contributed by atoms with Crippen LogP contribution < -0.4 is 11.0 Å². The van der Waals surface area contributed by atoms with E-state index in [0.29, 0.717) is 6.67 Å². The SMILES string of the molecule is CNCn1nn[nH]c1=O. The zero-order valence-electron chi connectivity index (χ0n) is 4.96. The van der Waals surface area contributed by atoms with Crippen LogP contribution in [0.5, 0.6) is 0 Å². The van der Waals surface area contributed by atoms with Gasteiger partial charge < -0.3 is 5.32 Å². The van der Waals surface area contributed by atoms with Crippen LogP contribution in [0.2, 0.25) is 0 Å². The summed E-state index contributed by atoms with van der Waals surface area (Å²) in [5.41, 5.74) is -0.302. The van der Waals surface area contributed by atoms with Gasteiger partial charge in [-0.3, -0.25) is 0 Å². The molecule has 6 heteroatoms. The molecule has 2 N–H and O–H groups in total. The smallest absolute Gasteiger partial charge is 0.301 e. The molecule has 1 aromatic heterocycles. The lowest BCUT2D eigenvalue weighted by atomic mass is 11.0. The number of tetrazole rings is 1. The van der Waals surface area contributed by atoms with Crippen LogP contribution in [0.15, 0.2) is 4.79 Å². The first-order valence-electron chi connectivity index (χ1n) is 2.47. The second kappa shape index (κ2) is 2.40. The third kappa shape index (κ3) is 1.14. The first kappa shape index (κ1) is 5.96. The molecule has 9 heavy (non-hydrogen) atoms. The number of hydrogen-bond donors (Lipinski definition) is 2. The zero-order valence-corrected chi connectivity index (χ0v) is 4.96. The highest BCUT2D eigenvalue weighted by Gasteiger charge is 1.92. The van der Waals surface area contributed by atoms with Gasteiger partial charge in [0.05, 0.1) is 6.67 Å². The van der Waals surface area contributed by atoms with E-state index in [1.807, 2.05) is 0 Å². The molecule has 50 valence electrons. The molecule has 0 aromatic carbocycles. The highest BCUT2D eigenvalue weighted by Crippen LogP contribution is 1.59. The van der Waals surface area contributed by atoms with Gasteiger partial charge in [-0.25, -0.2) is 9.89 Å². The van der Waals surface area contributed by atoms with Crippen LogP contribution in [0.3, 0.4) is 0 Å². The van der Waals surface area contributed by atoms with E-state index >= 15 is 0 Å². The van der Waals surface area contributed by atoms with Crippen LogP contribution >= 0.6 is 0 Å². The fraction of sp³-hybridized carbons (Fsp3) is 0.667. The van der Waals surface area contributed by atoms with Gasteiger partial charge in [0.25, 0.3) is 0 Å². The molecule has 0 spiro atoms. The fourth-order valence-corrected chi connectivity index (χ4v) is 0.471. The second-order valence-electron chi connectivity index (χ2n) is 1.52. The molecule has 0 amide bonds. The molecule has 0 bridgehead atoms. The van der Waals surface area contributed by atoms with Crippen molar-refractivity contribution in [3.63, 3.8) is 0 Å². The third-order valence-corrected chi connectivity index (χ3v) is 0.841. The van der Waals surface area contributed by atoms with E-state index in [0.717, 1.165) is 0 Å². The minimum atomic E-state index is -0.302. The molecular formula is C3H7N5O. The van der Waals surface area contributed by atoms with Crippen LogP contribution in [0.1, 0.15) is 0 Å². The molecular weight excluding hydrogens is 122 g/mol. The van der Waals surface area contributed by atoms with Gasteiger partial charge in [0.1, 0.15) is 0 Å². The van der Waals surface area contributed by atoms with Gasteiger partial charge in [-0.05, 0) is 17.5 Å². The maximum atomic E-state index is 10.6. The number of H-pyrrole nitrogens is 1. The van der Waals surface area contributed by atoms with Gasteiger partial charge in [-0.2, -0.15) is 4.68 Å². The molecule has 6 nitrogen and oxygen atoms in total. The van der Waals surface area contributed by atoms with Crippen molar-refractivity contribution >= 4 is 0 Å². The van der Waals surface area contributed by atoms with Crippen LogP contribution in [-0.4, -0.2) is 27.3 Å². The van der Waals surface area contributed by atoms with Gasteiger partial charge >= 0.3 is 5.69 Å². The molecule has 0 radical (unpaired) electrons. The number of aromatic amines is 1. The molecule has 0 aliphatic rings. The average Bonchev–Trinajstić information content (AvgIpc) is 2.18.